The van der Waals surface area contributed by atoms with E-state index in [2.05, 4.69) is 42.7 Å². The Kier molecular flexibility index (Phi) is 4.25. The van der Waals surface area contributed by atoms with Crippen LogP contribution < -0.4 is 10.6 Å². The Hall–Kier alpha value is -2.44. The lowest BCUT2D eigenvalue weighted by molar-refractivity contribution is 0.597. The molecule has 3 aliphatic rings. The molecule has 2 heterocycles. The predicted octanol–water partition coefficient (Wildman–Crippen LogP) is 4.54. The monoisotopic (exact) mass is 425 g/mol. The third-order valence-corrected chi connectivity index (χ3v) is 8.29. The third kappa shape index (κ3) is 2.70. The van der Waals surface area contributed by atoms with Crippen molar-refractivity contribution >= 4 is 21.7 Å². The van der Waals surface area contributed by atoms with Crippen LogP contribution in [-0.2, 0) is 21.8 Å². The van der Waals surface area contributed by atoms with Gasteiger partial charge in [0.15, 0.2) is 9.84 Å². The number of allylic oxidation sites excluding steroid dienone is 1. The van der Waals surface area contributed by atoms with Gasteiger partial charge >= 0.3 is 0 Å². The first kappa shape index (κ1) is 19.5. The number of nitrogens with zero attached hydrogens (tertiary/aromatic N) is 1. The van der Waals surface area contributed by atoms with Crippen LogP contribution in [0.3, 0.4) is 0 Å². The molecule has 1 aliphatic carbocycles. The summed E-state index contributed by atoms with van der Waals surface area (Å²) in [5.74, 6) is 0.0975. The standard InChI is InChI=1S/C24H27N3O2S.2H2/c1-4-25-14-17-9-20(18-7-6-8-19(11-18)30(28,29)5-2)22-21(10-17)27-24-15-23(22,24)12-16(3)13-26-24;;/h6-13,25,27H,4-5,14-15H2,1-3H3;2*1H. The van der Waals surface area contributed by atoms with E-state index in [0.717, 1.165) is 36.3 Å². The molecule has 2 aromatic rings. The molecule has 5 rings (SSSR count). The molecule has 160 valence electrons. The van der Waals surface area contributed by atoms with Crippen molar-refractivity contribution in [2.24, 2.45) is 4.99 Å². The minimum Gasteiger partial charge on any atom is -0.360 e. The van der Waals surface area contributed by atoms with Crippen LogP contribution in [0.4, 0.5) is 5.69 Å². The van der Waals surface area contributed by atoms with E-state index in [1.807, 2.05) is 24.4 Å². The number of dihydropyridines is 1. The number of sulfone groups is 1. The topological polar surface area (TPSA) is 70.6 Å². The highest BCUT2D eigenvalue weighted by Crippen LogP contribution is 2.70. The maximum absolute atomic E-state index is 12.5. The number of hydrogen-bond donors (Lipinski definition) is 2. The normalized spacial score (nSPS) is 25.8. The summed E-state index contributed by atoms with van der Waals surface area (Å²) in [5, 5.41) is 7.10. The van der Waals surface area contributed by atoms with E-state index >= 15 is 0 Å². The second-order valence-electron chi connectivity index (χ2n) is 8.56. The minimum absolute atomic E-state index is 0. The van der Waals surface area contributed by atoms with E-state index < -0.39 is 9.84 Å². The molecule has 2 unspecified atom stereocenters. The van der Waals surface area contributed by atoms with Crippen LogP contribution in [0.25, 0.3) is 11.1 Å². The van der Waals surface area contributed by atoms with Gasteiger partial charge < -0.3 is 10.6 Å². The number of anilines is 1. The van der Waals surface area contributed by atoms with E-state index in [1.54, 1.807) is 13.0 Å². The molecular formula is C24H31N3O2S. The van der Waals surface area contributed by atoms with E-state index in [9.17, 15) is 8.42 Å². The number of hydrogen-bond acceptors (Lipinski definition) is 5. The fraction of sp³-hybridized carbons (Fsp3) is 0.375. The Bertz CT molecular complexity index is 1230. The van der Waals surface area contributed by atoms with Crippen LogP contribution in [0, 0.1) is 0 Å². The molecule has 2 aliphatic heterocycles. The van der Waals surface area contributed by atoms with Gasteiger partial charge in [0.2, 0.25) is 0 Å². The van der Waals surface area contributed by atoms with Crippen molar-refractivity contribution < 1.29 is 11.3 Å². The van der Waals surface area contributed by atoms with Crippen LogP contribution in [0.1, 0.15) is 41.2 Å². The second kappa shape index (κ2) is 6.53. The highest BCUT2D eigenvalue weighted by atomic mass is 32.2. The first-order valence-electron chi connectivity index (χ1n) is 10.6. The predicted molar refractivity (Wildman–Crippen MR) is 126 cm³/mol. The van der Waals surface area contributed by atoms with E-state index in [1.165, 1.54) is 16.7 Å². The van der Waals surface area contributed by atoms with Crippen molar-refractivity contribution in [3.05, 3.63) is 59.2 Å². The van der Waals surface area contributed by atoms with Crippen LogP contribution in [0.5, 0.6) is 0 Å². The van der Waals surface area contributed by atoms with Gasteiger partial charge in [-0.25, -0.2) is 8.42 Å². The molecule has 0 radical (unpaired) electrons. The third-order valence-electron chi connectivity index (χ3n) is 6.56. The Labute approximate surface area is 181 Å². The minimum atomic E-state index is -3.27. The fourth-order valence-electron chi connectivity index (χ4n) is 5.01. The lowest BCUT2D eigenvalue weighted by Gasteiger charge is -2.20. The van der Waals surface area contributed by atoms with Crippen molar-refractivity contribution in [2.75, 3.05) is 17.6 Å². The van der Waals surface area contributed by atoms with Crippen molar-refractivity contribution in [3.63, 3.8) is 0 Å². The van der Waals surface area contributed by atoms with Gasteiger partial charge in [0, 0.05) is 27.7 Å². The molecule has 30 heavy (non-hydrogen) atoms. The zero-order valence-corrected chi connectivity index (χ0v) is 18.4. The first-order valence-corrected chi connectivity index (χ1v) is 12.2. The summed E-state index contributed by atoms with van der Waals surface area (Å²) in [6, 6.07) is 11.8. The van der Waals surface area contributed by atoms with Gasteiger partial charge in [0.25, 0.3) is 0 Å². The summed E-state index contributed by atoms with van der Waals surface area (Å²) in [5.41, 5.74) is 6.31. The van der Waals surface area contributed by atoms with E-state index in [-0.39, 0.29) is 19.7 Å². The summed E-state index contributed by atoms with van der Waals surface area (Å²) in [7, 11) is -3.27. The number of fused-ring (bicyclic) bond motifs is 1. The van der Waals surface area contributed by atoms with Gasteiger partial charge in [-0.05, 0) is 65.6 Å². The Morgan fingerprint density at radius 2 is 2.07 bits per heavy atom. The summed E-state index contributed by atoms with van der Waals surface area (Å²) in [6.45, 7) is 7.53. The number of nitrogens with one attached hydrogen (secondary N) is 2. The Morgan fingerprint density at radius 3 is 2.83 bits per heavy atom. The van der Waals surface area contributed by atoms with Gasteiger partial charge in [0.1, 0.15) is 5.66 Å². The zero-order valence-electron chi connectivity index (χ0n) is 17.6. The summed E-state index contributed by atoms with van der Waals surface area (Å²) in [6.07, 6.45) is 5.23. The van der Waals surface area contributed by atoms with Gasteiger partial charge in [-0.3, -0.25) is 4.99 Å². The van der Waals surface area contributed by atoms with Crippen LogP contribution in [-0.4, -0.2) is 32.6 Å². The average molecular weight is 426 g/mol. The molecule has 1 fully saturated rings. The van der Waals surface area contributed by atoms with Crippen molar-refractivity contribution in [3.8, 4) is 11.1 Å². The molecule has 0 amide bonds. The first-order chi connectivity index (χ1) is 14.3. The summed E-state index contributed by atoms with van der Waals surface area (Å²) in [4.78, 5) is 5.25. The molecule has 5 nitrogen and oxygen atoms in total. The van der Waals surface area contributed by atoms with Crippen molar-refractivity contribution in [1.82, 2.24) is 5.32 Å². The largest absolute Gasteiger partial charge is 0.360 e. The molecular weight excluding hydrogens is 394 g/mol. The molecule has 0 saturated heterocycles. The molecule has 1 saturated carbocycles. The molecule has 0 bridgehead atoms. The molecule has 2 aromatic carbocycles. The molecule has 0 spiro atoms. The number of aliphatic imine (C=N–C) groups is 1. The van der Waals surface area contributed by atoms with Gasteiger partial charge in [0.05, 0.1) is 16.1 Å². The Morgan fingerprint density at radius 1 is 1.23 bits per heavy atom. The van der Waals surface area contributed by atoms with Gasteiger partial charge in [-0.2, -0.15) is 0 Å². The summed E-state index contributed by atoms with van der Waals surface area (Å²) >= 11 is 0. The smallest absolute Gasteiger partial charge is 0.178 e. The van der Waals surface area contributed by atoms with Crippen LogP contribution >= 0.6 is 0 Å². The van der Waals surface area contributed by atoms with Crippen LogP contribution in [0.2, 0.25) is 0 Å². The van der Waals surface area contributed by atoms with E-state index in [0.29, 0.717) is 4.90 Å². The number of rotatable bonds is 6. The molecule has 6 heteroatoms. The fourth-order valence-corrected chi connectivity index (χ4v) is 5.94. The van der Waals surface area contributed by atoms with Gasteiger partial charge in [-0.15, -0.1) is 0 Å². The Balaban J connectivity index is 0.00000144. The van der Waals surface area contributed by atoms with E-state index in [4.69, 9.17) is 4.99 Å². The highest BCUT2D eigenvalue weighted by molar-refractivity contribution is 7.91. The molecule has 0 aromatic heterocycles. The van der Waals surface area contributed by atoms with Crippen molar-refractivity contribution in [1.29, 1.82) is 0 Å². The lowest BCUT2D eigenvalue weighted by atomic mass is 9.84. The average Bonchev–Trinajstić information content (AvgIpc) is 3.31. The maximum atomic E-state index is 12.5. The maximum Gasteiger partial charge on any atom is 0.178 e. The van der Waals surface area contributed by atoms with Gasteiger partial charge in [-0.1, -0.05) is 32.1 Å². The summed E-state index contributed by atoms with van der Waals surface area (Å²) < 4.78 is 25.0. The second-order valence-corrected chi connectivity index (χ2v) is 10.8. The van der Waals surface area contributed by atoms with Crippen LogP contribution in [0.15, 0.2) is 57.9 Å². The SMILES string of the molecule is CCNCc1cc2c(c(-c3cccc(S(=O)(=O)CC)c3)c1)C13C=C(C)C=NC1(C3)N2.[HH].[HH]. The quantitative estimate of drug-likeness (QED) is 0.713. The molecule has 2 atom stereocenters. The molecule has 2 N–H and O–H groups in total. The zero-order chi connectivity index (χ0) is 21.1. The lowest BCUT2D eigenvalue weighted by Crippen LogP contribution is -2.25. The van der Waals surface area contributed by atoms with Crippen molar-refractivity contribution in [2.45, 2.75) is 49.7 Å². The number of benzene rings is 2. The highest BCUT2D eigenvalue weighted by Gasteiger charge is 2.73.